The normalized spacial score (nSPS) is 28.5. The van der Waals surface area contributed by atoms with Crippen molar-refractivity contribution in [2.45, 2.75) is 18.6 Å². The lowest BCUT2D eigenvalue weighted by Crippen LogP contribution is -2.57. The minimum absolute atomic E-state index is 0.0262. The number of nitrogens with zero attached hydrogens (tertiary/aromatic N) is 2. The third-order valence-electron chi connectivity index (χ3n) is 4.68. The summed E-state index contributed by atoms with van der Waals surface area (Å²) < 4.78 is 42.8. The maximum atomic E-state index is 13.5. The summed E-state index contributed by atoms with van der Waals surface area (Å²) in [6.45, 7) is 2.09. The molecule has 2 aliphatic rings. The molecule has 0 aliphatic carbocycles. The molecule has 2 aliphatic heterocycles. The molecule has 1 aromatic carbocycles. The molecule has 0 spiro atoms. The summed E-state index contributed by atoms with van der Waals surface area (Å²) in [6, 6.07) is 4.45. The Morgan fingerprint density at radius 3 is 2.73 bits per heavy atom. The zero-order chi connectivity index (χ0) is 15.9. The van der Waals surface area contributed by atoms with Crippen LogP contribution in [0.1, 0.15) is 5.56 Å². The summed E-state index contributed by atoms with van der Waals surface area (Å²) in [7, 11) is 0.530. The zero-order valence-corrected chi connectivity index (χ0v) is 13.6. The number of hydrogen-bond donors (Lipinski definition) is 0. The average Bonchev–Trinajstić information content (AvgIpc) is 2.79. The molecule has 22 heavy (non-hydrogen) atoms. The molecule has 0 aromatic heterocycles. The number of hydrogen-bond acceptors (Lipinski definition) is 5. The molecule has 1 aromatic rings. The van der Waals surface area contributed by atoms with E-state index in [9.17, 15) is 12.8 Å². The predicted molar refractivity (Wildman–Crippen MR) is 82.2 cm³/mol. The second-order valence-electron chi connectivity index (χ2n) is 6.12. The number of ether oxygens (including phenoxy) is 1. The van der Waals surface area contributed by atoms with Crippen LogP contribution in [0.2, 0.25) is 0 Å². The van der Waals surface area contributed by atoms with E-state index in [1.807, 2.05) is 7.05 Å². The van der Waals surface area contributed by atoms with Crippen LogP contribution in [0.15, 0.2) is 18.2 Å². The van der Waals surface area contributed by atoms with Crippen LogP contribution in [-0.2, 0) is 16.4 Å². The van der Waals surface area contributed by atoms with Crippen LogP contribution in [0.25, 0.3) is 0 Å². The van der Waals surface area contributed by atoms with Gasteiger partial charge in [0.1, 0.15) is 11.6 Å². The summed E-state index contributed by atoms with van der Waals surface area (Å²) in [5.41, 5.74) is 0.759. The Labute approximate surface area is 130 Å². The van der Waals surface area contributed by atoms with Crippen LogP contribution in [0.4, 0.5) is 4.39 Å². The van der Waals surface area contributed by atoms with E-state index in [0.29, 0.717) is 12.3 Å². The highest BCUT2D eigenvalue weighted by Gasteiger charge is 2.45. The van der Waals surface area contributed by atoms with Gasteiger partial charge in [-0.15, -0.1) is 0 Å². The Morgan fingerprint density at radius 1 is 1.27 bits per heavy atom. The van der Waals surface area contributed by atoms with E-state index >= 15 is 0 Å². The topological polar surface area (TPSA) is 49.9 Å². The van der Waals surface area contributed by atoms with Gasteiger partial charge in [-0.25, -0.2) is 12.8 Å². The van der Waals surface area contributed by atoms with E-state index < -0.39 is 9.84 Å². The molecule has 2 fully saturated rings. The molecule has 0 N–H and O–H groups in total. The number of fused-ring (bicyclic) bond motifs is 1. The Morgan fingerprint density at radius 2 is 2.00 bits per heavy atom. The van der Waals surface area contributed by atoms with Crippen LogP contribution in [0, 0.1) is 5.82 Å². The summed E-state index contributed by atoms with van der Waals surface area (Å²) in [5, 5.41) is 0. The SMILES string of the molecule is COc1ccc(F)cc1CN1CCN(C)[C@@H]2CS(=O)(=O)C[C@@H]21. The number of likely N-dealkylation sites (N-methyl/N-ethyl adjacent to an activating group) is 1. The molecule has 0 bridgehead atoms. The molecule has 0 amide bonds. The Hall–Kier alpha value is -1.18. The molecule has 2 atom stereocenters. The van der Waals surface area contributed by atoms with Crippen LogP contribution >= 0.6 is 0 Å². The number of halogens is 1. The fraction of sp³-hybridized carbons (Fsp3) is 0.600. The fourth-order valence-electron chi connectivity index (χ4n) is 3.48. The average molecular weight is 328 g/mol. The zero-order valence-electron chi connectivity index (χ0n) is 12.8. The number of piperazine rings is 1. The second kappa shape index (κ2) is 5.79. The molecule has 3 rings (SSSR count). The third-order valence-corrected chi connectivity index (χ3v) is 6.38. The van der Waals surface area contributed by atoms with Crippen molar-refractivity contribution in [1.29, 1.82) is 0 Å². The first kappa shape index (κ1) is 15.7. The van der Waals surface area contributed by atoms with Gasteiger partial charge in [0.15, 0.2) is 9.84 Å². The van der Waals surface area contributed by atoms with Crippen molar-refractivity contribution in [2.24, 2.45) is 0 Å². The molecule has 7 heteroatoms. The lowest BCUT2D eigenvalue weighted by Gasteiger charge is -2.42. The standard InChI is InChI=1S/C15H21FN2O3S/c1-17-5-6-18(14-10-22(19,20)9-13(14)17)8-11-7-12(16)3-4-15(11)21-2/h3-4,7,13-14H,5-6,8-10H2,1-2H3/t13-,14+/m1/s1. The maximum absolute atomic E-state index is 13.5. The molecule has 2 saturated heterocycles. The lowest BCUT2D eigenvalue weighted by atomic mass is 10.0. The largest absolute Gasteiger partial charge is 0.496 e. The molecule has 0 saturated carbocycles. The van der Waals surface area contributed by atoms with Gasteiger partial charge in [-0.05, 0) is 25.2 Å². The van der Waals surface area contributed by atoms with Gasteiger partial charge in [-0.3, -0.25) is 9.80 Å². The van der Waals surface area contributed by atoms with E-state index in [2.05, 4.69) is 9.80 Å². The van der Waals surface area contributed by atoms with Crippen molar-refractivity contribution in [2.75, 3.05) is 38.8 Å². The van der Waals surface area contributed by atoms with E-state index in [-0.39, 0.29) is 29.4 Å². The lowest BCUT2D eigenvalue weighted by molar-refractivity contribution is 0.0567. The summed E-state index contributed by atoms with van der Waals surface area (Å²) in [5.74, 6) is 0.725. The van der Waals surface area contributed by atoms with E-state index in [1.54, 1.807) is 13.2 Å². The number of rotatable bonds is 3. The molecule has 0 radical (unpaired) electrons. The first-order chi connectivity index (χ1) is 10.4. The van der Waals surface area contributed by atoms with Crippen molar-refractivity contribution in [3.05, 3.63) is 29.6 Å². The van der Waals surface area contributed by atoms with Crippen molar-refractivity contribution >= 4 is 9.84 Å². The van der Waals surface area contributed by atoms with Gasteiger partial charge >= 0.3 is 0 Å². The van der Waals surface area contributed by atoms with E-state index in [1.165, 1.54) is 12.1 Å². The third kappa shape index (κ3) is 2.98. The van der Waals surface area contributed by atoms with Crippen molar-refractivity contribution in [3.8, 4) is 5.75 Å². The van der Waals surface area contributed by atoms with Crippen LogP contribution in [0.3, 0.4) is 0 Å². The monoisotopic (exact) mass is 328 g/mol. The highest BCUT2D eigenvalue weighted by molar-refractivity contribution is 7.91. The second-order valence-corrected chi connectivity index (χ2v) is 8.27. The van der Waals surface area contributed by atoms with Gasteiger partial charge in [0.2, 0.25) is 0 Å². The molecule has 5 nitrogen and oxygen atoms in total. The van der Waals surface area contributed by atoms with Gasteiger partial charge < -0.3 is 4.74 Å². The Kier molecular flexibility index (Phi) is 4.13. The molecule has 2 heterocycles. The summed E-state index contributed by atoms with van der Waals surface area (Å²) in [4.78, 5) is 4.26. The van der Waals surface area contributed by atoms with Gasteiger partial charge in [-0.1, -0.05) is 0 Å². The smallest absolute Gasteiger partial charge is 0.153 e. The van der Waals surface area contributed by atoms with E-state index in [0.717, 1.165) is 18.7 Å². The summed E-state index contributed by atoms with van der Waals surface area (Å²) in [6.07, 6.45) is 0. The summed E-state index contributed by atoms with van der Waals surface area (Å²) >= 11 is 0. The molecule has 122 valence electrons. The van der Waals surface area contributed by atoms with Crippen LogP contribution < -0.4 is 4.74 Å². The Bertz CT molecular complexity index is 665. The van der Waals surface area contributed by atoms with Crippen LogP contribution in [-0.4, -0.2) is 69.1 Å². The van der Waals surface area contributed by atoms with E-state index in [4.69, 9.17) is 4.74 Å². The van der Waals surface area contributed by atoms with Gasteiger partial charge in [0.05, 0.1) is 18.6 Å². The van der Waals surface area contributed by atoms with Crippen LogP contribution in [0.5, 0.6) is 5.75 Å². The molecule has 0 unspecified atom stereocenters. The number of benzene rings is 1. The minimum Gasteiger partial charge on any atom is -0.496 e. The minimum atomic E-state index is -3.00. The maximum Gasteiger partial charge on any atom is 0.153 e. The quantitative estimate of drug-likeness (QED) is 0.819. The molecular formula is C15H21FN2O3S. The highest BCUT2D eigenvalue weighted by atomic mass is 32.2. The number of methoxy groups -OCH3 is 1. The van der Waals surface area contributed by atoms with Gasteiger partial charge in [0, 0.05) is 37.3 Å². The fourth-order valence-corrected chi connectivity index (χ4v) is 5.57. The molecular weight excluding hydrogens is 307 g/mol. The van der Waals surface area contributed by atoms with Crippen molar-refractivity contribution in [3.63, 3.8) is 0 Å². The first-order valence-electron chi connectivity index (χ1n) is 7.37. The van der Waals surface area contributed by atoms with Crippen molar-refractivity contribution in [1.82, 2.24) is 9.80 Å². The van der Waals surface area contributed by atoms with Gasteiger partial charge in [-0.2, -0.15) is 0 Å². The number of sulfone groups is 1. The predicted octanol–water partition coefficient (Wildman–Crippen LogP) is 0.747. The van der Waals surface area contributed by atoms with Crippen molar-refractivity contribution < 1.29 is 17.5 Å². The first-order valence-corrected chi connectivity index (χ1v) is 9.19. The Balaban J connectivity index is 1.85. The highest BCUT2D eigenvalue weighted by Crippen LogP contribution is 2.29. The van der Waals surface area contributed by atoms with Gasteiger partial charge in [0.25, 0.3) is 0 Å².